The minimum atomic E-state index is 1.04. The van der Waals surface area contributed by atoms with E-state index in [9.17, 15) is 0 Å². The van der Waals surface area contributed by atoms with E-state index in [1.807, 2.05) is 0 Å². The van der Waals surface area contributed by atoms with Crippen LogP contribution >= 0.6 is 0 Å². The lowest BCUT2D eigenvalue weighted by Gasteiger charge is -2.16. The third-order valence-electron chi connectivity index (χ3n) is 2.56. The van der Waals surface area contributed by atoms with Crippen molar-refractivity contribution >= 4 is 0 Å². The molecule has 0 bridgehead atoms. The van der Waals surface area contributed by atoms with Gasteiger partial charge in [0.2, 0.25) is 0 Å². The molecule has 1 nitrogen and oxygen atoms in total. The molecular weight excluding hydrogens is 172 g/mol. The highest BCUT2D eigenvalue weighted by atomic mass is 16.5. The van der Waals surface area contributed by atoms with Gasteiger partial charge in [-0.1, -0.05) is 23.8 Å². The molecule has 0 fully saturated rings. The summed E-state index contributed by atoms with van der Waals surface area (Å²) in [5, 5.41) is 0. The van der Waals surface area contributed by atoms with E-state index in [1.54, 1.807) is 0 Å². The Morgan fingerprint density at radius 3 is 2.50 bits per heavy atom. The van der Waals surface area contributed by atoms with Crippen LogP contribution < -0.4 is 0 Å². The molecule has 2 aliphatic carbocycles. The summed E-state index contributed by atoms with van der Waals surface area (Å²) in [5.41, 5.74) is 1.44. The van der Waals surface area contributed by atoms with Gasteiger partial charge in [-0.05, 0) is 31.9 Å². The molecule has 0 N–H and O–H groups in total. The number of hydrogen-bond acceptors (Lipinski definition) is 1. The van der Waals surface area contributed by atoms with Crippen molar-refractivity contribution in [3.05, 3.63) is 47.5 Å². The molecule has 0 aromatic rings. The Balaban J connectivity index is 1.98. The second kappa shape index (κ2) is 4.32. The van der Waals surface area contributed by atoms with Crippen molar-refractivity contribution in [3.63, 3.8) is 0 Å². The van der Waals surface area contributed by atoms with Crippen LogP contribution in [-0.2, 0) is 4.74 Å². The first-order valence-corrected chi connectivity index (χ1v) is 5.24. The molecule has 0 aromatic heterocycles. The Morgan fingerprint density at radius 2 is 1.86 bits per heavy atom. The quantitative estimate of drug-likeness (QED) is 0.639. The van der Waals surface area contributed by atoms with Crippen molar-refractivity contribution in [2.75, 3.05) is 0 Å². The van der Waals surface area contributed by atoms with Crippen LogP contribution in [-0.4, -0.2) is 0 Å². The first kappa shape index (κ1) is 9.32. The van der Waals surface area contributed by atoms with Crippen LogP contribution in [0.3, 0.4) is 0 Å². The summed E-state index contributed by atoms with van der Waals surface area (Å²) >= 11 is 0. The van der Waals surface area contributed by atoms with Crippen LogP contribution in [0.5, 0.6) is 0 Å². The smallest absolute Gasteiger partial charge is 0.104 e. The SMILES string of the molecule is CC1=CC=C(OC2=CC=CCC2)CC1. The number of allylic oxidation sites excluding steroid dienone is 8. The van der Waals surface area contributed by atoms with Crippen LogP contribution in [0.1, 0.15) is 32.6 Å². The van der Waals surface area contributed by atoms with Crippen molar-refractivity contribution < 1.29 is 4.74 Å². The molecule has 14 heavy (non-hydrogen) atoms. The van der Waals surface area contributed by atoms with Crippen LogP contribution in [0.2, 0.25) is 0 Å². The molecule has 0 spiro atoms. The summed E-state index contributed by atoms with van der Waals surface area (Å²) in [4.78, 5) is 0. The lowest BCUT2D eigenvalue weighted by atomic mass is 10.1. The van der Waals surface area contributed by atoms with Crippen LogP contribution in [0.4, 0.5) is 0 Å². The molecule has 0 aliphatic heterocycles. The Bertz CT molecular complexity index is 329. The van der Waals surface area contributed by atoms with Crippen LogP contribution in [0.25, 0.3) is 0 Å². The Hall–Kier alpha value is -1.24. The fraction of sp³-hybridized carbons (Fsp3) is 0.385. The van der Waals surface area contributed by atoms with Crippen molar-refractivity contribution in [1.29, 1.82) is 0 Å². The van der Waals surface area contributed by atoms with Gasteiger partial charge in [-0.25, -0.2) is 0 Å². The Morgan fingerprint density at radius 1 is 1.00 bits per heavy atom. The van der Waals surface area contributed by atoms with Gasteiger partial charge >= 0.3 is 0 Å². The summed E-state index contributed by atoms with van der Waals surface area (Å²) in [7, 11) is 0. The summed E-state index contributed by atoms with van der Waals surface area (Å²) < 4.78 is 5.81. The van der Waals surface area contributed by atoms with Crippen LogP contribution in [0.15, 0.2) is 47.5 Å². The predicted molar refractivity (Wildman–Crippen MR) is 58.6 cm³/mol. The zero-order chi connectivity index (χ0) is 9.80. The van der Waals surface area contributed by atoms with Crippen molar-refractivity contribution in [1.82, 2.24) is 0 Å². The monoisotopic (exact) mass is 188 g/mol. The standard InChI is InChI=1S/C13H16O/c1-11-7-9-13(10-8-11)14-12-5-3-2-4-6-12/h2-3,5,7,9H,4,6,8,10H2,1H3. The molecule has 0 aromatic carbocycles. The molecule has 0 amide bonds. The fourth-order valence-electron chi connectivity index (χ4n) is 1.64. The van der Waals surface area contributed by atoms with Gasteiger partial charge in [0.25, 0.3) is 0 Å². The molecule has 0 saturated carbocycles. The third-order valence-corrected chi connectivity index (χ3v) is 2.56. The van der Waals surface area contributed by atoms with E-state index in [2.05, 4.69) is 37.3 Å². The van der Waals surface area contributed by atoms with Crippen molar-refractivity contribution in [3.8, 4) is 0 Å². The van der Waals surface area contributed by atoms with E-state index in [1.165, 1.54) is 5.57 Å². The molecule has 74 valence electrons. The average molecular weight is 188 g/mol. The van der Waals surface area contributed by atoms with E-state index >= 15 is 0 Å². The molecule has 0 saturated heterocycles. The number of hydrogen-bond donors (Lipinski definition) is 0. The van der Waals surface area contributed by atoms with E-state index in [-0.39, 0.29) is 0 Å². The zero-order valence-electron chi connectivity index (χ0n) is 8.62. The van der Waals surface area contributed by atoms with Gasteiger partial charge in [0.05, 0.1) is 0 Å². The second-order valence-electron chi connectivity index (χ2n) is 3.85. The van der Waals surface area contributed by atoms with Gasteiger partial charge in [-0.15, -0.1) is 0 Å². The molecular formula is C13H16O. The first-order chi connectivity index (χ1) is 6.84. The molecule has 0 unspecified atom stereocenters. The van der Waals surface area contributed by atoms with E-state index < -0.39 is 0 Å². The van der Waals surface area contributed by atoms with Crippen LogP contribution in [0, 0.1) is 0 Å². The van der Waals surface area contributed by atoms with E-state index in [0.717, 1.165) is 37.2 Å². The summed E-state index contributed by atoms with van der Waals surface area (Å²) in [6.45, 7) is 2.16. The minimum Gasteiger partial charge on any atom is -0.466 e. The van der Waals surface area contributed by atoms with Gasteiger partial charge in [0, 0.05) is 12.8 Å². The number of rotatable bonds is 2. The first-order valence-electron chi connectivity index (χ1n) is 5.24. The van der Waals surface area contributed by atoms with Crippen molar-refractivity contribution in [2.24, 2.45) is 0 Å². The van der Waals surface area contributed by atoms with Gasteiger partial charge in [0.15, 0.2) is 0 Å². The average Bonchev–Trinajstić information content (AvgIpc) is 2.23. The maximum Gasteiger partial charge on any atom is 0.104 e. The summed E-state index contributed by atoms with van der Waals surface area (Å²) in [6, 6.07) is 0. The Kier molecular flexibility index (Phi) is 2.87. The van der Waals surface area contributed by atoms with Gasteiger partial charge in [0.1, 0.15) is 11.5 Å². The van der Waals surface area contributed by atoms with E-state index in [0.29, 0.717) is 0 Å². The molecule has 2 aliphatic rings. The van der Waals surface area contributed by atoms with E-state index in [4.69, 9.17) is 4.74 Å². The highest BCUT2D eigenvalue weighted by molar-refractivity contribution is 5.22. The zero-order valence-corrected chi connectivity index (χ0v) is 8.62. The number of ether oxygens (including phenoxy) is 1. The normalized spacial score (nSPS) is 21.1. The lowest BCUT2D eigenvalue weighted by Crippen LogP contribution is -1.98. The minimum absolute atomic E-state index is 1.04. The van der Waals surface area contributed by atoms with Gasteiger partial charge < -0.3 is 4.74 Å². The Labute approximate surface area is 85.5 Å². The second-order valence-corrected chi connectivity index (χ2v) is 3.85. The van der Waals surface area contributed by atoms with Crippen molar-refractivity contribution in [2.45, 2.75) is 32.6 Å². The summed E-state index contributed by atoms with van der Waals surface area (Å²) in [6.07, 6.45) is 14.9. The van der Waals surface area contributed by atoms with Gasteiger partial charge in [-0.2, -0.15) is 0 Å². The molecule has 0 radical (unpaired) electrons. The predicted octanol–water partition coefficient (Wildman–Crippen LogP) is 3.86. The third kappa shape index (κ3) is 2.38. The fourth-order valence-corrected chi connectivity index (χ4v) is 1.64. The molecule has 1 heteroatoms. The topological polar surface area (TPSA) is 9.23 Å². The molecule has 0 heterocycles. The lowest BCUT2D eigenvalue weighted by molar-refractivity contribution is 0.275. The maximum absolute atomic E-state index is 5.81. The molecule has 2 rings (SSSR count). The maximum atomic E-state index is 5.81. The summed E-state index contributed by atoms with van der Waals surface area (Å²) in [5.74, 6) is 2.21. The van der Waals surface area contributed by atoms with Gasteiger partial charge in [-0.3, -0.25) is 0 Å². The molecule has 0 atom stereocenters. The highest BCUT2D eigenvalue weighted by Gasteiger charge is 2.07. The highest BCUT2D eigenvalue weighted by Crippen LogP contribution is 2.23. The largest absolute Gasteiger partial charge is 0.466 e.